The topological polar surface area (TPSA) is 50.8 Å². The first kappa shape index (κ1) is 17.1. The van der Waals surface area contributed by atoms with E-state index < -0.39 is 6.10 Å². The van der Waals surface area contributed by atoms with Crippen LogP contribution in [0.15, 0.2) is 48.5 Å². The Kier molecular flexibility index (Phi) is 5.43. The number of nitrogens with zero attached hydrogens (tertiary/aromatic N) is 1. The average molecular weight is 340 g/mol. The van der Waals surface area contributed by atoms with Crippen LogP contribution in [0.5, 0.6) is 11.5 Å². The number of ether oxygens (including phenoxy) is 2. The normalized spacial score (nSPS) is 15.5. The largest absolute Gasteiger partial charge is 0.485 e. The van der Waals surface area contributed by atoms with Crippen molar-refractivity contribution in [3.05, 3.63) is 54.1 Å². The maximum absolute atomic E-state index is 12.3. The Bertz CT molecular complexity index is 711. The van der Waals surface area contributed by atoms with E-state index in [0.717, 1.165) is 18.7 Å². The zero-order valence-electron chi connectivity index (χ0n) is 14.7. The molecular weight excluding hydrogens is 316 g/mol. The van der Waals surface area contributed by atoms with Crippen LogP contribution in [-0.4, -0.2) is 31.7 Å². The molecule has 1 atom stereocenters. The Hall–Kier alpha value is -2.69. The van der Waals surface area contributed by atoms with Crippen molar-refractivity contribution >= 4 is 11.6 Å². The highest BCUT2D eigenvalue weighted by Crippen LogP contribution is 2.30. The average Bonchev–Trinajstić information content (AvgIpc) is 2.67. The Balaban J connectivity index is 1.54. The zero-order chi connectivity index (χ0) is 17.6. The van der Waals surface area contributed by atoms with Gasteiger partial charge in [-0.25, -0.2) is 0 Å². The van der Waals surface area contributed by atoms with Gasteiger partial charge in [-0.1, -0.05) is 24.3 Å². The van der Waals surface area contributed by atoms with Crippen LogP contribution in [0.1, 0.15) is 19.4 Å². The third-order valence-corrected chi connectivity index (χ3v) is 4.33. The summed E-state index contributed by atoms with van der Waals surface area (Å²) in [6.07, 6.45) is -0.621. The van der Waals surface area contributed by atoms with Crippen LogP contribution in [0, 0.1) is 0 Å². The van der Waals surface area contributed by atoms with Crippen molar-refractivity contribution in [2.45, 2.75) is 26.5 Å². The number of hydrogen-bond acceptors (Lipinski definition) is 4. The molecule has 0 saturated carbocycles. The van der Waals surface area contributed by atoms with Gasteiger partial charge in [0.25, 0.3) is 5.91 Å². The summed E-state index contributed by atoms with van der Waals surface area (Å²) in [6, 6.07) is 15.6. The SMILES string of the molecule is CCN(CC)c1ccc(CNC(=O)[C@H]2COc3ccccc3O2)cc1. The Labute approximate surface area is 148 Å². The number of para-hydroxylation sites is 2. The molecule has 25 heavy (non-hydrogen) atoms. The van der Waals surface area contributed by atoms with Crippen LogP contribution < -0.4 is 19.7 Å². The van der Waals surface area contributed by atoms with Crippen molar-refractivity contribution in [1.29, 1.82) is 0 Å². The highest BCUT2D eigenvalue weighted by Gasteiger charge is 2.26. The quantitative estimate of drug-likeness (QED) is 0.878. The Morgan fingerprint density at radius 3 is 2.44 bits per heavy atom. The summed E-state index contributed by atoms with van der Waals surface area (Å²) in [6.45, 7) is 6.94. The van der Waals surface area contributed by atoms with Gasteiger partial charge in [0.05, 0.1) is 0 Å². The van der Waals surface area contributed by atoms with E-state index in [1.165, 1.54) is 5.69 Å². The summed E-state index contributed by atoms with van der Waals surface area (Å²) < 4.78 is 11.3. The summed E-state index contributed by atoms with van der Waals surface area (Å²) in [5.41, 5.74) is 2.25. The minimum absolute atomic E-state index is 0.165. The molecule has 1 aliphatic heterocycles. The van der Waals surface area contributed by atoms with Crippen LogP contribution in [0.4, 0.5) is 5.69 Å². The molecular formula is C20H24N2O3. The molecule has 0 fully saturated rings. The van der Waals surface area contributed by atoms with Gasteiger partial charge < -0.3 is 19.7 Å². The fourth-order valence-electron chi connectivity index (χ4n) is 2.87. The number of fused-ring (bicyclic) bond motifs is 1. The van der Waals surface area contributed by atoms with Crippen molar-refractivity contribution < 1.29 is 14.3 Å². The fraction of sp³-hybridized carbons (Fsp3) is 0.350. The first-order valence-corrected chi connectivity index (χ1v) is 8.71. The first-order valence-electron chi connectivity index (χ1n) is 8.71. The molecule has 0 radical (unpaired) electrons. The van der Waals surface area contributed by atoms with E-state index >= 15 is 0 Å². The molecule has 132 valence electrons. The molecule has 1 aliphatic rings. The van der Waals surface area contributed by atoms with E-state index in [2.05, 4.69) is 36.2 Å². The van der Waals surface area contributed by atoms with E-state index in [1.54, 1.807) is 6.07 Å². The highest BCUT2D eigenvalue weighted by atomic mass is 16.6. The van der Waals surface area contributed by atoms with E-state index in [1.807, 2.05) is 30.3 Å². The van der Waals surface area contributed by atoms with Gasteiger partial charge in [-0.15, -0.1) is 0 Å². The fourth-order valence-corrected chi connectivity index (χ4v) is 2.87. The minimum atomic E-state index is -0.621. The van der Waals surface area contributed by atoms with Gasteiger partial charge in [0, 0.05) is 25.3 Å². The zero-order valence-corrected chi connectivity index (χ0v) is 14.7. The lowest BCUT2D eigenvalue weighted by Gasteiger charge is -2.25. The number of amides is 1. The van der Waals surface area contributed by atoms with Gasteiger partial charge >= 0.3 is 0 Å². The smallest absolute Gasteiger partial charge is 0.264 e. The number of hydrogen-bond donors (Lipinski definition) is 1. The van der Waals surface area contributed by atoms with E-state index in [-0.39, 0.29) is 12.5 Å². The monoisotopic (exact) mass is 340 g/mol. The molecule has 0 spiro atoms. The molecule has 0 aromatic heterocycles. The molecule has 2 aromatic rings. The predicted molar refractivity (Wildman–Crippen MR) is 98.2 cm³/mol. The Morgan fingerprint density at radius 1 is 1.08 bits per heavy atom. The minimum Gasteiger partial charge on any atom is -0.485 e. The predicted octanol–water partition coefficient (Wildman–Crippen LogP) is 2.99. The van der Waals surface area contributed by atoms with E-state index in [0.29, 0.717) is 18.0 Å². The van der Waals surface area contributed by atoms with Crippen molar-refractivity contribution in [3.63, 3.8) is 0 Å². The molecule has 2 aromatic carbocycles. The summed E-state index contributed by atoms with van der Waals surface area (Å²) in [5.74, 6) is 1.12. The number of nitrogens with one attached hydrogen (secondary N) is 1. The molecule has 0 unspecified atom stereocenters. The number of carbonyl (C=O) groups excluding carboxylic acids is 1. The standard InChI is InChI=1S/C20H24N2O3/c1-3-22(4-2)16-11-9-15(10-12-16)13-21-20(23)19-14-24-17-7-5-6-8-18(17)25-19/h5-12,19H,3-4,13-14H2,1-2H3,(H,21,23)/t19-/m1/s1. The van der Waals surface area contributed by atoms with E-state index in [9.17, 15) is 4.79 Å². The number of rotatable bonds is 6. The lowest BCUT2D eigenvalue weighted by Crippen LogP contribution is -2.43. The lowest BCUT2D eigenvalue weighted by molar-refractivity contribution is -0.130. The molecule has 0 saturated heterocycles. The molecule has 5 nitrogen and oxygen atoms in total. The molecule has 3 rings (SSSR count). The molecule has 1 amide bonds. The summed E-state index contributed by atoms with van der Waals surface area (Å²) in [7, 11) is 0. The molecule has 1 N–H and O–H groups in total. The number of carbonyl (C=O) groups is 1. The summed E-state index contributed by atoms with van der Waals surface area (Å²) in [5, 5.41) is 2.92. The van der Waals surface area contributed by atoms with Gasteiger partial charge in [-0.3, -0.25) is 4.79 Å². The van der Waals surface area contributed by atoms with Gasteiger partial charge in [0.2, 0.25) is 6.10 Å². The molecule has 0 bridgehead atoms. The van der Waals surface area contributed by atoms with Crippen LogP contribution in [0.25, 0.3) is 0 Å². The maximum Gasteiger partial charge on any atom is 0.264 e. The summed E-state index contributed by atoms with van der Waals surface area (Å²) in [4.78, 5) is 14.6. The molecule has 0 aliphatic carbocycles. The van der Waals surface area contributed by atoms with Crippen molar-refractivity contribution in [2.75, 3.05) is 24.6 Å². The first-order chi connectivity index (χ1) is 12.2. The highest BCUT2D eigenvalue weighted by molar-refractivity contribution is 5.81. The van der Waals surface area contributed by atoms with Crippen LogP contribution in [0.3, 0.4) is 0 Å². The van der Waals surface area contributed by atoms with Crippen molar-refractivity contribution in [1.82, 2.24) is 5.32 Å². The number of benzene rings is 2. The third-order valence-electron chi connectivity index (χ3n) is 4.33. The molecule has 5 heteroatoms. The van der Waals surface area contributed by atoms with Crippen molar-refractivity contribution in [3.8, 4) is 11.5 Å². The van der Waals surface area contributed by atoms with Crippen molar-refractivity contribution in [2.24, 2.45) is 0 Å². The third kappa shape index (κ3) is 4.05. The van der Waals surface area contributed by atoms with Gasteiger partial charge in [0.1, 0.15) is 6.61 Å². The molecule has 1 heterocycles. The van der Waals surface area contributed by atoms with Crippen LogP contribution in [0.2, 0.25) is 0 Å². The van der Waals surface area contributed by atoms with Gasteiger partial charge in [-0.2, -0.15) is 0 Å². The Morgan fingerprint density at radius 2 is 1.76 bits per heavy atom. The second-order valence-electron chi connectivity index (χ2n) is 5.92. The van der Waals surface area contributed by atoms with Gasteiger partial charge in [0.15, 0.2) is 11.5 Å². The second kappa shape index (κ2) is 7.92. The second-order valence-corrected chi connectivity index (χ2v) is 5.92. The lowest BCUT2D eigenvalue weighted by atomic mass is 10.2. The van der Waals surface area contributed by atoms with E-state index in [4.69, 9.17) is 9.47 Å². The summed E-state index contributed by atoms with van der Waals surface area (Å²) >= 11 is 0. The maximum atomic E-state index is 12.3. The van der Waals surface area contributed by atoms with Gasteiger partial charge in [-0.05, 0) is 43.7 Å². The number of anilines is 1. The van der Waals surface area contributed by atoms with Crippen LogP contribution >= 0.6 is 0 Å². The van der Waals surface area contributed by atoms with Crippen LogP contribution in [-0.2, 0) is 11.3 Å².